The van der Waals surface area contributed by atoms with Crippen molar-refractivity contribution in [3.05, 3.63) is 69.8 Å². The van der Waals surface area contributed by atoms with E-state index in [0.29, 0.717) is 73.6 Å². The van der Waals surface area contributed by atoms with Crippen LogP contribution in [0.25, 0.3) is 0 Å². The predicted octanol–water partition coefficient (Wildman–Crippen LogP) is 3.79. The lowest BCUT2D eigenvalue weighted by molar-refractivity contribution is -0.00196. The fourth-order valence-corrected chi connectivity index (χ4v) is 6.47. The first-order valence-corrected chi connectivity index (χ1v) is 15.0. The quantitative estimate of drug-likeness (QED) is 0.220. The molecule has 2 fully saturated rings. The highest BCUT2D eigenvalue weighted by Crippen LogP contribution is 2.42. The van der Waals surface area contributed by atoms with Gasteiger partial charge in [0.2, 0.25) is 0 Å². The fourth-order valence-electron chi connectivity index (χ4n) is 6.47. The first-order valence-electron chi connectivity index (χ1n) is 15.0. The second-order valence-electron chi connectivity index (χ2n) is 12.0. The van der Waals surface area contributed by atoms with Gasteiger partial charge in [0.1, 0.15) is 0 Å². The second-order valence-corrected chi connectivity index (χ2v) is 12.0. The molecule has 0 amide bonds. The molecule has 0 heterocycles. The molecule has 0 radical (unpaired) electrons. The van der Waals surface area contributed by atoms with Gasteiger partial charge < -0.3 is 30.6 Å². The van der Waals surface area contributed by atoms with Crippen molar-refractivity contribution in [3.8, 4) is 0 Å². The van der Waals surface area contributed by atoms with E-state index in [-0.39, 0.29) is 19.0 Å². The Morgan fingerprint density at radius 1 is 0.650 bits per heavy atom. The van der Waals surface area contributed by atoms with E-state index in [1.807, 2.05) is 24.3 Å². The summed E-state index contributed by atoms with van der Waals surface area (Å²) in [7, 11) is 0. The summed E-state index contributed by atoms with van der Waals surface area (Å²) >= 11 is 0. The van der Waals surface area contributed by atoms with Crippen LogP contribution in [0.3, 0.4) is 0 Å². The van der Waals surface area contributed by atoms with E-state index in [2.05, 4.69) is 0 Å². The van der Waals surface area contributed by atoms with Crippen molar-refractivity contribution < 1.29 is 35.4 Å². The Labute approximate surface area is 237 Å². The average Bonchev–Trinajstić information content (AvgIpc) is 2.98. The number of aryl methyl sites for hydroxylation is 2. The maximum Gasteiger partial charge on any atom is 0.193 e. The molecule has 6 N–H and O–H groups in total. The molecule has 7 heteroatoms. The van der Waals surface area contributed by atoms with E-state index < -0.39 is 23.4 Å². The van der Waals surface area contributed by atoms with E-state index in [9.17, 15) is 35.4 Å². The molecular weight excluding hydrogens is 508 g/mol. The maximum atomic E-state index is 14.3. The zero-order valence-electron chi connectivity index (χ0n) is 23.5. The lowest BCUT2D eigenvalue weighted by Crippen LogP contribution is -2.33. The number of aliphatic hydroxyl groups is 6. The number of benzene rings is 2. The second kappa shape index (κ2) is 13.7. The highest BCUT2D eigenvalue weighted by atomic mass is 16.3. The SMILES string of the molecule is O=C(c1ccc(CCC(O)CO)cc1C1(O)CCCCC1)c1ccc(CCC(O)CO)cc1C1(O)CCCCC1. The Morgan fingerprint density at radius 2 is 1.02 bits per heavy atom. The largest absolute Gasteiger partial charge is 0.394 e. The molecule has 2 aromatic carbocycles. The van der Waals surface area contributed by atoms with Gasteiger partial charge in [0, 0.05) is 11.1 Å². The molecule has 2 aliphatic rings. The maximum absolute atomic E-state index is 14.3. The number of rotatable bonds is 12. The monoisotopic (exact) mass is 554 g/mol. The van der Waals surface area contributed by atoms with Gasteiger partial charge >= 0.3 is 0 Å². The van der Waals surface area contributed by atoms with Crippen LogP contribution >= 0.6 is 0 Å². The van der Waals surface area contributed by atoms with Crippen molar-refractivity contribution >= 4 is 5.78 Å². The lowest BCUT2D eigenvalue weighted by atomic mass is 9.74. The third-order valence-corrected chi connectivity index (χ3v) is 8.98. The molecule has 40 heavy (non-hydrogen) atoms. The Bertz CT molecular complexity index is 1040. The normalized spacial score (nSPS) is 20.1. The molecule has 2 saturated carbocycles. The highest BCUT2D eigenvalue weighted by molar-refractivity contribution is 6.11. The van der Waals surface area contributed by atoms with Gasteiger partial charge in [-0.25, -0.2) is 0 Å². The summed E-state index contributed by atoms with van der Waals surface area (Å²) in [6.45, 7) is -0.623. The molecule has 4 rings (SSSR count). The summed E-state index contributed by atoms with van der Waals surface area (Å²) in [5.41, 5.74) is 1.59. The third kappa shape index (κ3) is 7.19. The minimum atomic E-state index is -1.13. The third-order valence-electron chi connectivity index (χ3n) is 8.98. The summed E-state index contributed by atoms with van der Waals surface area (Å²) in [6.07, 6.45) is 7.98. The van der Waals surface area contributed by atoms with Crippen molar-refractivity contribution in [2.45, 2.75) is 113 Å². The van der Waals surface area contributed by atoms with Crippen molar-refractivity contribution in [2.24, 2.45) is 0 Å². The van der Waals surface area contributed by atoms with Crippen molar-refractivity contribution in [3.63, 3.8) is 0 Å². The Morgan fingerprint density at radius 3 is 1.38 bits per heavy atom. The van der Waals surface area contributed by atoms with Crippen LogP contribution in [-0.4, -0.2) is 61.8 Å². The standard InChI is InChI=1S/C33H46O7/c34-21-25(36)11-7-23-9-13-27(29(19-23)32(39)15-3-1-4-16-32)31(38)28-14-10-24(8-12-26(37)22-35)20-30(28)33(40)17-5-2-6-18-33/h9-10,13-14,19-20,25-26,34-37,39-40H,1-8,11-12,15-18,21-22H2. The van der Waals surface area contributed by atoms with Gasteiger partial charge in [-0.05, 0) is 73.6 Å². The summed E-state index contributed by atoms with van der Waals surface area (Å²) in [4.78, 5) is 14.3. The van der Waals surface area contributed by atoms with Crippen LogP contribution in [0.4, 0.5) is 0 Å². The number of carbonyl (C=O) groups excluding carboxylic acids is 1. The van der Waals surface area contributed by atoms with Crippen molar-refractivity contribution in [1.29, 1.82) is 0 Å². The first kappa shape index (κ1) is 30.8. The minimum Gasteiger partial charge on any atom is -0.394 e. The zero-order valence-corrected chi connectivity index (χ0v) is 23.5. The van der Waals surface area contributed by atoms with Gasteiger partial charge in [-0.15, -0.1) is 0 Å². The molecule has 0 aliphatic heterocycles. The highest BCUT2D eigenvalue weighted by Gasteiger charge is 2.38. The molecule has 2 aromatic rings. The molecule has 2 unspecified atom stereocenters. The summed E-state index contributed by atoms with van der Waals surface area (Å²) in [6, 6.07) is 11.0. The summed E-state index contributed by atoms with van der Waals surface area (Å²) < 4.78 is 0. The number of carbonyl (C=O) groups is 1. The molecule has 0 spiro atoms. The molecule has 7 nitrogen and oxygen atoms in total. The smallest absolute Gasteiger partial charge is 0.193 e. The molecule has 2 aliphatic carbocycles. The van der Waals surface area contributed by atoms with Gasteiger partial charge in [0.25, 0.3) is 0 Å². The molecule has 220 valence electrons. The van der Waals surface area contributed by atoms with Crippen LogP contribution in [0.5, 0.6) is 0 Å². The summed E-state index contributed by atoms with van der Waals surface area (Å²) in [5, 5.41) is 61.7. The predicted molar refractivity (Wildman–Crippen MR) is 153 cm³/mol. The number of hydrogen-bond acceptors (Lipinski definition) is 7. The molecule has 2 atom stereocenters. The van der Waals surface area contributed by atoms with E-state index in [4.69, 9.17) is 0 Å². The van der Waals surface area contributed by atoms with Crippen LogP contribution in [0.2, 0.25) is 0 Å². The van der Waals surface area contributed by atoms with Gasteiger partial charge in [-0.3, -0.25) is 4.79 Å². The fraction of sp³-hybridized carbons (Fsp3) is 0.606. The van der Waals surface area contributed by atoms with Crippen LogP contribution in [0.1, 0.15) is 115 Å². The average molecular weight is 555 g/mol. The Balaban J connectivity index is 1.76. The number of ketones is 1. The van der Waals surface area contributed by atoms with Gasteiger partial charge in [-0.1, -0.05) is 74.9 Å². The van der Waals surface area contributed by atoms with E-state index >= 15 is 0 Å². The number of aliphatic hydroxyl groups excluding tert-OH is 4. The molecule has 0 saturated heterocycles. The van der Waals surface area contributed by atoms with Crippen LogP contribution in [0, 0.1) is 0 Å². The molecular formula is C33H46O7. The van der Waals surface area contributed by atoms with Crippen LogP contribution in [-0.2, 0) is 24.0 Å². The summed E-state index contributed by atoms with van der Waals surface area (Å²) in [5.74, 6) is -0.230. The zero-order chi connectivity index (χ0) is 28.8. The van der Waals surface area contributed by atoms with Gasteiger partial charge in [0.15, 0.2) is 5.78 Å². The number of hydrogen-bond donors (Lipinski definition) is 6. The Hall–Kier alpha value is -2.13. The van der Waals surface area contributed by atoms with Gasteiger partial charge in [0.05, 0.1) is 36.6 Å². The van der Waals surface area contributed by atoms with E-state index in [0.717, 1.165) is 49.7 Å². The topological polar surface area (TPSA) is 138 Å². The molecule has 0 bridgehead atoms. The van der Waals surface area contributed by atoms with Crippen molar-refractivity contribution in [2.75, 3.05) is 13.2 Å². The van der Waals surface area contributed by atoms with Crippen LogP contribution in [0.15, 0.2) is 36.4 Å². The van der Waals surface area contributed by atoms with Crippen LogP contribution < -0.4 is 0 Å². The Kier molecular flexibility index (Phi) is 10.5. The van der Waals surface area contributed by atoms with E-state index in [1.165, 1.54) is 0 Å². The van der Waals surface area contributed by atoms with Crippen molar-refractivity contribution in [1.82, 2.24) is 0 Å². The first-order chi connectivity index (χ1) is 19.2. The lowest BCUT2D eigenvalue weighted by Gasteiger charge is -2.36. The molecule has 0 aromatic heterocycles. The van der Waals surface area contributed by atoms with E-state index in [1.54, 1.807) is 12.1 Å². The van der Waals surface area contributed by atoms with Gasteiger partial charge in [-0.2, -0.15) is 0 Å². The minimum absolute atomic E-state index is 0.230.